The molecular weight excluding hydrogens is 358 g/mol. The fourth-order valence-corrected chi connectivity index (χ4v) is 4.74. The predicted molar refractivity (Wildman–Crippen MR) is 106 cm³/mol. The average Bonchev–Trinajstić information content (AvgIpc) is 3.30. The second-order valence-electron chi connectivity index (χ2n) is 7.01. The Hall–Kier alpha value is -2.99. The van der Waals surface area contributed by atoms with Gasteiger partial charge in [-0.2, -0.15) is 0 Å². The second kappa shape index (κ2) is 6.03. The van der Waals surface area contributed by atoms with Crippen LogP contribution in [-0.4, -0.2) is 20.5 Å². The van der Waals surface area contributed by atoms with Gasteiger partial charge in [0.2, 0.25) is 0 Å². The molecule has 0 amide bonds. The Labute approximate surface area is 159 Å². The highest BCUT2D eigenvalue weighted by atomic mass is 32.1. The lowest BCUT2D eigenvalue weighted by atomic mass is 9.82. The molecule has 0 saturated heterocycles. The molecule has 1 unspecified atom stereocenters. The highest BCUT2D eigenvalue weighted by molar-refractivity contribution is 7.10. The van der Waals surface area contributed by atoms with E-state index in [1.54, 1.807) is 17.5 Å². The minimum absolute atomic E-state index is 0.0618. The van der Waals surface area contributed by atoms with E-state index in [9.17, 15) is 9.59 Å². The number of nitrogens with one attached hydrogen (secondary N) is 1. The van der Waals surface area contributed by atoms with E-state index >= 15 is 0 Å². The fraction of sp³-hybridized carbons (Fsp3) is 0.190. The van der Waals surface area contributed by atoms with Gasteiger partial charge in [0.1, 0.15) is 0 Å². The molecule has 4 aromatic rings. The molecule has 134 valence electrons. The van der Waals surface area contributed by atoms with Crippen molar-refractivity contribution in [1.29, 1.82) is 0 Å². The summed E-state index contributed by atoms with van der Waals surface area (Å²) in [7, 11) is 0. The summed E-state index contributed by atoms with van der Waals surface area (Å²) in [6.45, 7) is 1.99. The maximum absolute atomic E-state index is 13.2. The van der Waals surface area contributed by atoms with Gasteiger partial charge in [0.15, 0.2) is 11.4 Å². The quantitative estimate of drug-likeness (QED) is 0.576. The van der Waals surface area contributed by atoms with Crippen LogP contribution in [0.1, 0.15) is 38.7 Å². The molecule has 1 aliphatic carbocycles. The molecule has 1 N–H and O–H groups in total. The molecule has 27 heavy (non-hydrogen) atoms. The molecule has 1 atom stereocenters. The van der Waals surface area contributed by atoms with E-state index in [2.05, 4.69) is 16.1 Å². The van der Waals surface area contributed by atoms with E-state index in [1.807, 2.05) is 42.6 Å². The van der Waals surface area contributed by atoms with Crippen LogP contribution in [0, 0.1) is 6.92 Å². The molecule has 3 heterocycles. The van der Waals surface area contributed by atoms with Gasteiger partial charge in [-0.25, -0.2) is 9.67 Å². The monoisotopic (exact) mass is 375 g/mol. The van der Waals surface area contributed by atoms with E-state index in [0.29, 0.717) is 29.4 Å². The van der Waals surface area contributed by atoms with Crippen LogP contribution in [0.3, 0.4) is 0 Å². The van der Waals surface area contributed by atoms with Gasteiger partial charge in [-0.05, 0) is 48.1 Å². The second-order valence-corrected chi connectivity index (χ2v) is 7.99. The number of carbonyl (C=O) groups excluding carboxylic acids is 1. The number of hydrogen-bond donors (Lipinski definition) is 1. The van der Waals surface area contributed by atoms with Gasteiger partial charge in [-0.3, -0.25) is 14.7 Å². The molecule has 3 aromatic heterocycles. The molecule has 1 aliphatic rings. The summed E-state index contributed by atoms with van der Waals surface area (Å²) in [5, 5.41) is 5.66. The van der Waals surface area contributed by atoms with Crippen molar-refractivity contribution in [1.82, 2.24) is 14.8 Å². The standard InChI is InChI=1S/C21H17N3O2S/c1-12-4-2-5-14(8-12)24-21(26)19-15-9-13(18-6-3-7-27-18)10-17(25)16(15)11-22-20(19)23-24/h2-8,11,13H,9-10H2,1H3,(H,22,23). The number of aromatic amines is 1. The Bertz CT molecular complexity index is 1230. The number of pyridine rings is 1. The van der Waals surface area contributed by atoms with Crippen LogP contribution in [0.15, 0.2) is 52.8 Å². The first kappa shape index (κ1) is 16.2. The van der Waals surface area contributed by atoms with Crippen LogP contribution in [0.2, 0.25) is 0 Å². The summed E-state index contributed by atoms with van der Waals surface area (Å²) < 4.78 is 1.52. The van der Waals surface area contributed by atoms with Gasteiger partial charge in [0, 0.05) is 29.0 Å². The maximum atomic E-state index is 13.2. The normalized spacial score (nSPS) is 16.6. The zero-order valence-electron chi connectivity index (χ0n) is 14.7. The van der Waals surface area contributed by atoms with Gasteiger partial charge >= 0.3 is 0 Å². The van der Waals surface area contributed by atoms with Crippen molar-refractivity contribution < 1.29 is 4.79 Å². The summed E-state index contributed by atoms with van der Waals surface area (Å²) >= 11 is 1.66. The Morgan fingerprint density at radius 1 is 1.19 bits per heavy atom. The van der Waals surface area contributed by atoms with Crippen LogP contribution in [0.25, 0.3) is 16.7 Å². The predicted octanol–water partition coefficient (Wildman–Crippen LogP) is 4.00. The number of nitrogens with zero attached hydrogens (tertiary/aromatic N) is 2. The van der Waals surface area contributed by atoms with Crippen molar-refractivity contribution in [3.8, 4) is 5.69 Å². The average molecular weight is 375 g/mol. The first-order valence-corrected chi connectivity index (χ1v) is 9.76. The molecule has 1 aromatic carbocycles. The van der Waals surface area contributed by atoms with Crippen molar-refractivity contribution in [2.24, 2.45) is 0 Å². The fourth-order valence-electron chi connectivity index (χ4n) is 3.91. The topological polar surface area (TPSA) is 67.8 Å². The summed E-state index contributed by atoms with van der Waals surface area (Å²) in [5.74, 6) is 0.184. The molecule has 0 bridgehead atoms. The van der Waals surface area contributed by atoms with Crippen molar-refractivity contribution in [3.63, 3.8) is 0 Å². The molecule has 0 radical (unpaired) electrons. The third-order valence-electron chi connectivity index (χ3n) is 5.21. The van der Waals surface area contributed by atoms with Crippen molar-refractivity contribution in [2.75, 3.05) is 0 Å². The molecule has 0 fully saturated rings. The van der Waals surface area contributed by atoms with Gasteiger partial charge in [-0.15, -0.1) is 11.3 Å². The number of thiophene rings is 1. The molecule has 0 aliphatic heterocycles. The minimum atomic E-state index is -0.153. The lowest BCUT2D eigenvalue weighted by Crippen LogP contribution is -2.21. The number of rotatable bonds is 2. The van der Waals surface area contributed by atoms with Crippen LogP contribution in [0.5, 0.6) is 0 Å². The van der Waals surface area contributed by atoms with E-state index in [4.69, 9.17) is 0 Å². The highest BCUT2D eigenvalue weighted by Gasteiger charge is 2.30. The van der Waals surface area contributed by atoms with Gasteiger partial charge in [0.25, 0.3) is 5.56 Å². The highest BCUT2D eigenvalue weighted by Crippen LogP contribution is 2.36. The van der Waals surface area contributed by atoms with Crippen molar-refractivity contribution in [3.05, 3.63) is 79.9 Å². The molecule has 5 nitrogen and oxygen atoms in total. The smallest absolute Gasteiger partial charge is 0.281 e. The Morgan fingerprint density at radius 3 is 2.85 bits per heavy atom. The lowest BCUT2D eigenvalue weighted by Gasteiger charge is -2.22. The van der Waals surface area contributed by atoms with Gasteiger partial charge < -0.3 is 0 Å². The first-order valence-electron chi connectivity index (χ1n) is 8.88. The molecular formula is C21H17N3O2S. The SMILES string of the molecule is Cc1cccc(-n2[nH]c3ncc4c(c3c2=O)CC(c2cccs2)CC4=O)c1. The van der Waals surface area contributed by atoms with E-state index in [-0.39, 0.29) is 17.3 Å². The number of hydrogen-bond acceptors (Lipinski definition) is 4. The number of fused-ring (bicyclic) bond motifs is 3. The summed E-state index contributed by atoms with van der Waals surface area (Å²) in [5.41, 5.74) is 3.62. The summed E-state index contributed by atoms with van der Waals surface area (Å²) in [4.78, 5) is 31.5. The number of aryl methyl sites for hydroxylation is 1. The zero-order chi connectivity index (χ0) is 18.5. The molecule has 0 spiro atoms. The largest absolute Gasteiger partial charge is 0.294 e. The summed E-state index contributed by atoms with van der Waals surface area (Å²) in [6.07, 6.45) is 2.76. The summed E-state index contributed by atoms with van der Waals surface area (Å²) in [6, 6.07) is 11.8. The Balaban J connectivity index is 1.71. The van der Waals surface area contributed by atoms with Crippen LogP contribution >= 0.6 is 11.3 Å². The van der Waals surface area contributed by atoms with Gasteiger partial charge in [-0.1, -0.05) is 18.2 Å². The molecule has 6 heteroatoms. The number of Topliss-reactive ketones (excluding diaryl/α,β-unsaturated/α-hetero) is 1. The van der Waals surface area contributed by atoms with Crippen molar-refractivity contribution >= 4 is 28.2 Å². The maximum Gasteiger partial charge on any atom is 0.281 e. The minimum Gasteiger partial charge on any atom is -0.294 e. The van der Waals surface area contributed by atoms with Gasteiger partial charge in [0.05, 0.1) is 11.1 Å². The number of H-pyrrole nitrogens is 1. The van der Waals surface area contributed by atoms with E-state index in [1.165, 1.54) is 9.56 Å². The molecule has 5 rings (SSSR count). The zero-order valence-corrected chi connectivity index (χ0v) is 15.5. The third-order valence-corrected chi connectivity index (χ3v) is 6.24. The van der Waals surface area contributed by atoms with Crippen molar-refractivity contribution in [2.45, 2.75) is 25.7 Å². The Morgan fingerprint density at radius 2 is 2.07 bits per heavy atom. The number of benzene rings is 1. The molecule has 0 saturated carbocycles. The number of carbonyl (C=O) groups is 1. The lowest BCUT2D eigenvalue weighted by molar-refractivity contribution is 0.0965. The Kier molecular flexibility index (Phi) is 3.62. The first-order chi connectivity index (χ1) is 13.1. The number of aromatic nitrogens is 3. The third kappa shape index (κ3) is 2.56. The van der Waals surface area contributed by atoms with E-state index in [0.717, 1.165) is 16.8 Å². The van der Waals surface area contributed by atoms with Crippen LogP contribution in [-0.2, 0) is 6.42 Å². The van der Waals surface area contributed by atoms with Crippen LogP contribution < -0.4 is 5.56 Å². The number of ketones is 1. The van der Waals surface area contributed by atoms with E-state index < -0.39 is 0 Å². The van der Waals surface area contributed by atoms with Crippen LogP contribution in [0.4, 0.5) is 0 Å².